The maximum atomic E-state index is 12.0. The van der Waals surface area contributed by atoms with Crippen molar-refractivity contribution in [3.63, 3.8) is 0 Å². The molecule has 1 aromatic heterocycles. The molecule has 9 nitrogen and oxygen atoms in total. The Balaban J connectivity index is 2.77. The van der Waals surface area contributed by atoms with Gasteiger partial charge in [-0.15, -0.1) is 0 Å². The Hall–Kier alpha value is -1.94. The molecule has 0 aliphatic rings. The fourth-order valence-electron chi connectivity index (χ4n) is 1.60. The predicted octanol–water partition coefficient (Wildman–Crippen LogP) is -0.0415. The summed E-state index contributed by atoms with van der Waals surface area (Å²) in [5.41, 5.74) is 0. The Morgan fingerprint density at radius 1 is 1.43 bits per heavy atom. The molecule has 0 saturated heterocycles. The molecule has 1 rings (SSSR count). The lowest BCUT2D eigenvalue weighted by Crippen LogP contribution is -2.40. The molecule has 0 aliphatic heterocycles. The van der Waals surface area contributed by atoms with Crippen LogP contribution in [-0.4, -0.2) is 46.6 Å². The number of aromatic nitrogens is 2. The van der Waals surface area contributed by atoms with Crippen LogP contribution in [-0.2, 0) is 26.0 Å². The van der Waals surface area contributed by atoms with Crippen LogP contribution < -0.4 is 4.72 Å². The monoisotopic (exact) mass is 319 g/mol. The first kappa shape index (κ1) is 17.1. The van der Waals surface area contributed by atoms with Gasteiger partial charge in [0.05, 0.1) is 6.20 Å². The third-order valence-corrected chi connectivity index (χ3v) is 4.09. The molecule has 0 radical (unpaired) electrons. The van der Waals surface area contributed by atoms with E-state index >= 15 is 0 Å². The normalized spacial score (nSPS) is 13.0. The van der Waals surface area contributed by atoms with E-state index in [0.29, 0.717) is 12.2 Å². The fraction of sp³-hybridized carbons (Fsp3) is 0.545. The Bertz CT molecular complexity index is 609. The summed E-state index contributed by atoms with van der Waals surface area (Å²) in [4.78, 5) is 27.9. The minimum absolute atomic E-state index is 0.0536. The van der Waals surface area contributed by atoms with Gasteiger partial charge in [-0.3, -0.25) is 9.59 Å². The van der Waals surface area contributed by atoms with Crippen LogP contribution in [0, 0.1) is 0 Å². The van der Waals surface area contributed by atoms with Gasteiger partial charge in [-0.05, 0) is 12.8 Å². The number of carboxylic acid groups (broad SMARTS) is 2. The molecule has 0 saturated carbocycles. The topological polar surface area (TPSA) is 149 Å². The van der Waals surface area contributed by atoms with Crippen LogP contribution in [0.4, 0.5) is 0 Å². The lowest BCUT2D eigenvalue weighted by atomic mass is 10.1. The molecule has 4 N–H and O–H groups in total. The minimum atomic E-state index is -4.04. The highest BCUT2D eigenvalue weighted by Gasteiger charge is 2.26. The van der Waals surface area contributed by atoms with Gasteiger partial charge in [-0.25, -0.2) is 13.4 Å². The van der Waals surface area contributed by atoms with Gasteiger partial charge in [-0.1, -0.05) is 6.92 Å². The molecule has 10 heteroatoms. The van der Waals surface area contributed by atoms with Gasteiger partial charge >= 0.3 is 11.9 Å². The SMILES string of the molecule is CCc1ncc(S(=O)(=O)N[C@H](CCCC(=O)O)C(=O)O)[nH]1. The number of H-pyrrole nitrogens is 1. The molecule has 0 aliphatic carbocycles. The lowest BCUT2D eigenvalue weighted by molar-refractivity contribution is -0.140. The maximum absolute atomic E-state index is 12.0. The molecule has 0 bridgehead atoms. The molecule has 118 valence electrons. The smallest absolute Gasteiger partial charge is 0.321 e. The van der Waals surface area contributed by atoms with Crippen LogP contribution in [0.2, 0.25) is 0 Å². The van der Waals surface area contributed by atoms with Gasteiger partial charge in [0.1, 0.15) is 11.9 Å². The summed E-state index contributed by atoms with van der Waals surface area (Å²) in [7, 11) is -4.04. The van der Waals surface area contributed by atoms with Crippen LogP contribution in [0.5, 0.6) is 0 Å². The highest BCUT2D eigenvalue weighted by atomic mass is 32.2. The van der Waals surface area contributed by atoms with Crippen LogP contribution in [0.3, 0.4) is 0 Å². The van der Waals surface area contributed by atoms with Crippen molar-refractivity contribution >= 4 is 22.0 Å². The molecule has 1 aromatic rings. The van der Waals surface area contributed by atoms with E-state index in [1.807, 2.05) is 4.72 Å². The van der Waals surface area contributed by atoms with Gasteiger partial charge in [0, 0.05) is 12.8 Å². The first-order valence-corrected chi connectivity index (χ1v) is 7.75. The summed E-state index contributed by atoms with van der Waals surface area (Å²) in [5, 5.41) is 17.3. The highest BCUT2D eigenvalue weighted by molar-refractivity contribution is 7.89. The Morgan fingerprint density at radius 3 is 2.57 bits per heavy atom. The number of hydrogen-bond donors (Lipinski definition) is 4. The van der Waals surface area contributed by atoms with E-state index in [1.165, 1.54) is 0 Å². The molecule has 0 amide bonds. The summed E-state index contributed by atoms with van der Waals surface area (Å²) in [6.07, 6.45) is 1.33. The first-order chi connectivity index (χ1) is 9.76. The van der Waals surface area contributed by atoms with Crippen LogP contribution in [0.25, 0.3) is 0 Å². The fourth-order valence-corrected chi connectivity index (χ4v) is 2.76. The second-order valence-corrected chi connectivity index (χ2v) is 6.03. The second kappa shape index (κ2) is 7.18. The van der Waals surface area contributed by atoms with Gasteiger partial charge in [0.2, 0.25) is 0 Å². The number of carbonyl (C=O) groups is 2. The zero-order valence-corrected chi connectivity index (χ0v) is 12.2. The number of sulfonamides is 1. The number of nitrogens with one attached hydrogen (secondary N) is 2. The molecular weight excluding hydrogens is 302 g/mol. The quantitative estimate of drug-likeness (QED) is 0.498. The van der Waals surface area contributed by atoms with Crippen molar-refractivity contribution in [2.45, 2.75) is 43.7 Å². The van der Waals surface area contributed by atoms with Crippen molar-refractivity contribution in [1.82, 2.24) is 14.7 Å². The highest BCUT2D eigenvalue weighted by Crippen LogP contribution is 2.10. The third-order valence-electron chi connectivity index (χ3n) is 2.71. The van der Waals surface area contributed by atoms with Crippen molar-refractivity contribution in [1.29, 1.82) is 0 Å². The largest absolute Gasteiger partial charge is 0.481 e. The first-order valence-electron chi connectivity index (χ1n) is 6.27. The number of aromatic amines is 1. The Kier molecular flexibility index (Phi) is 5.85. The summed E-state index contributed by atoms with van der Waals surface area (Å²) < 4.78 is 26.1. The number of aliphatic carboxylic acids is 2. The second-order valence-electron chi connectivity index (χ2n) is 4.35. The van der Waals surface area contributed by atoms with E-state index in [4.69, 9.17) is 10.2 Å². The molecule has 1 heterocycles. The van der Waals surface area contributed by atoms with Crippen molar-refractivity contribution in [3.05, 3.63) is 12.0 Å². The molecule has 0 spiro atoms. The predicted molar refractivity (Wildman–Crippen MR) is 71.2 cm³/mol. The average Bonchev–Trinajstić information content (AvgIpc) is 2.86. The zero-order chi connectivity index (χ0) is 16.0. The minimum Gasteiger partial charge on any atom is -0.481 e. The lowest BCUT2D eigenvalue weighted by Gasteiger charge is -2.13. The molecule has 21 heavy (non-hydrogen) atoms. The third kappa shape index (κ3) is 5.16. The van der Waals surface area contributed by atoms with E-state index in [9.17, 15) is 18.0 Å². The number of hydrogen-bond acceptors (Lipinski definition) is 5. The molecular formula is C11H17N3O6S. The summed E-state index contributed by atoms with van der Waals surface area (Å²) in [5.74, 6) is -1.96. The summed E-state index contributed by atoms with van der Waals surface area (Å²) >= 11 is 0. The van der Waals surface area contributed by atoms with Gasteiger partial charge in [0.15, 0.2) is 5.03 Å². The van der Waals surface area contributed by atoms with Crippen LogP contribution in [0.1, 0.15) is 32.0 Å². The van der Waals surface area contributed by atoms with Crippen LogP contribution in [0.15, 0.2) is 11.2 Å². The van der Waals surface area contributed by atoms with Gasteiger partial charge < -0.3 is 15.2 Å². The number of aryl methyl sites for hydroxylation is 1. The molecule has 1 atom stereocenters. The molecule has 0 unspecified atom stereocenters. The van der Waals surface area contributed by atoms with Crippen molar-refractivity contribution in [2.75, 3.05) is 0 Å². The number of nitrogens with zero attached hydrogens (tertiary/aromatic N) is 1. The van der Waals surface area contributed by atoms with Crippen molar-refractivity contribution in [2.24, 2.45) is 0 Å². The Morgan fingerprint density at radius 2 is 2.10 bits per heavy atom. The van der Waals surface area contributed by atoms with E-state index in [1.54, 1.807) is 6.92 Å². The van der Waals surface area contributed by atoms with E-state index in [0.717, 1.165) is 6.20 Å². The van der Waals surface area contributed by atoms with E-state index in [2.05, 4.69) is 9.97 Å². The Labute approximate surface area is 121 Å². The number of imidazole rings is 1. The summed E-state index contributed by atoms with van der Waals surface area (Å²) in [6.45, 7) is 1.79. The molecule has 0 fully saturated rings. The van der Waals surface area contributed by atoms with E-state index < -0.39 is 28.0 Å². The van der Waals surface area contributed by atoms with Gasteiger partial charge in [-0.2, -0.15) is 4.72 Å². The number of carboxylic acids is 2. The standard InChI is InChI=1S/C11H17N3O6S/c1-2-8-12-6-9(13-8)21(19,20)14-7(11(17)18)4-3-5-10(15)16/h6-7,14H,2-5H2,1H3,(H,12,13)(H,15,16)(H,17,18)/t7-/m1/s1. The molecule has 0 aromatic carbocycles. The van der Waals surface area contributed by atoms with Crippen LogP contribution >= 0.6 is 0 Å². The zero-order valence-electron chi connectivity index (χ0n) is 11.4. The number of rotatable bonds is 9. The average molecular weight is 319 g/mol. The van der Waals surface area contributed by atoms with Crippen molar-refractivity contribution in [3.8, 4) is 0 Å². The van der Waals surface area contributed by atoms with Crippen molar-refractivity contribution < 1.29 is 28.2 Å². The summed E-state index contributed by atoms with van der Waals surface area (Å²) in [6, 6.07) is -1.39. The maximum Gasteiger partial charge on any atom is 0.321 e. The van der Waals surface area contributed by atoms with E-state index in [-0.39, 0.29) is 24.3 Å². The van der Waals surface area contributed by atoms with Gasteiger partial charge in [0.25, 0.3) is 10.0 Å².